The zero-order chi connectivity index (χ0) is 26.3. The zero-order valence-electron chi connectivity index (χ0n) is 20.9. The molecule has 0 aliphatic carbocycles. The van der Waals surface area contributed by atoms with Crippen LogP contribution in [0.3, 0.4) is 0 Å². The van der Waals surface area contributed by atoms with E-state index in [0.29, 0.717) is 54.0 Å². The van der Waals surface area contributed by atoms with Gasteiger partial charge in [-0.2, -0.15) is 0 Å². The summed E-state index contributed by atoms with van der Waals surface area (Å²) in [6.07, 6.45) is 5.23. The number of cyclic esters (lactones) is 1. The normalized spacial score (nSPS) is 23.3. The number of hydrogen-bond acceptors (Lipinski definition) is 9. The van der Waals surface area contributed by atoms with Crippen LogP contribution in [-0.4, -0.2) is 86.3 Å². The molecular formula is C26H28FN7O4. The van der Waals surface area contributed by atoms with Crippen LogP contribution in [-0.2, 0) is 16.1 Å². The van der Waals surface area contributed by atoms with Gasteiger partial charge in [0.05, 0.1) is 30.7 Å². The van der Waals surface area contributed by atoms with Gasteiger partial charge in [-0.05, 0) is 44.2 Å². The number of aromatic nitrogens is 4. The number of likely N-dealkylation sites (tertiary alicyclic amines) is 1. The number of piperidine rings is 1. The third-order valence-corrected chi connectivity index (χ3v) is 7.49. The van der Waals surface area contributed by atoms with Gasteiger partial charge in [0.2, 0.25) is 0 Å². The highest BCUT2D eigenvalue weighted by Gasteiger charge is 2.44. The largest absolute Gasteiger partial charge is 0.442 e. The van der Waals surface area contributed by atoms with Crippen molar-refractivity contribution in [2.24, 2.45) is 5.16 Å². The summed E-state index contributed by atoms with van der Waals surface area (Å²) in [6, 6.07) is 8.19. The molecule has 2 aromatic heterocycles. The van der Waals surface area contributed by atoms with E-state index in [0.717, 1.165) is 13.1 Å². The smallest absolute Gasteiger partial charge is 0.414 e. The van der Waals surface area contributed by atoms with Crippen molar-refractivity contribution in [3.63, 3.8) is 0 Å². The lowest BCUT2D eigenvalue weighted by Crippen LogP contribution is -2.50. The first-order valence-corrected chi connectivity index (χ1v) is 12.6. The standard InChI is InChI=1S/C26H28FN7O4/c1-32-9-6-26(36,7-10-32)24-13-23(30-38-24)22-5-2-17(14-28-22)20-4-3-18(12-21(20)27)34-16-19(37-25(34)35)15-33-11-8-29-31-33/h2-5,8,11-12,14,19,24,36H,6-7,9-10,13,15-16H2,1H3/t19-,24?/m0/s1. The van der Waals surface area contributed by atoms with Crippen LogP contribution in [0.4, 0.5) is 14.9 Å². The van der Waals surface area contributed by atoms with Crippen LogP contribution in [0, 0.1) is 5.82 Å². The first-order valence-electron chi connectivity index (χ1n) is 12.6. The van der Waals surface area contributed by atoms with Gasteiger partial charge in [-0.15, -0.1) is 5.10 Å². The number of oxime groups is 1. The maximum atomic E-state index is 15.1. The molecule has 3 aromatic rings. The maximum absolute atomic E-state index is 15.1. The number of ether oxygens (including phenoxy) is 1. The SMILES string of the molecule is CN1CCC(O)(C2CC(c3ccc(-c4ccc(N5C[C@H](Cn6ccnn6)OC5=O)cc4F)cn3)=NO2)CC1. The molecule has 11 nitrogen and oxygen atoms in total. The fourth-order valence-corrected chi connectivity index (χ4v) is 5.14. The van der Waals surface area contributed by atoms with E-state index < -0.39 is 29.7 Å². The molecule has 6 rings (SSSR count). The quantitative estimate of drug-likeness (QED) is 0.526. The van der Waals surface area contributed by atoms with Crippen molar-refractivity contribution in [2.75, 3.05) is 31.6 Å². The second-order valence-electron chi connectivity index (χ2n) is 10.1. The Bertz CT molecular complexity index is 1340. The number of amides is 1. The molecule has 1 unspecified atom stereocenters. The second kappa shape index (κ2) is 9.76. The number of hydrogen-bond donors (Lipinski definition) is 1. The first-order chi connectivity index (χ1) is 18.4. The highest BCUT2D eigenvalue weighted by Crippen LogP contribution is 2.34. The summed E-state index contributed by atoms with van der Waals surface area (Å²) in [7, 11) is 2.04. The molecule has 0 saturated carbocycles. The summed E-state index contributed by atoms with van der Waals surface area (Å²) < 4.78 is 22.1. The summed E-state index contributed by atoms with van der Waals surface area (Å²) in [6.45, 7) is 2.27. The van der Waals surface area contributed by atoms with Crippen LogP contribution in [0.2, 0.25) is 0 Å². The average molecular weight is 522 g/mol. The highest BCUT2D eigenvalue weighted by atomic mass is 19.1. The van der Waals surface area contributed by atoms with Crippen LogP contribution in [0.1, 0.15) is 25.0 Å². The van der Waals surface area contributed by atoms with Crippen molar-refractivity contribution in [3.8, 4) is 11.1 Å². The van der Waals surface area contributed by atoms with E-state index in [4.69, 9.17) is 9.57 Å². The van der Waals surface area contributed by atoms with Crippen molar-refractivity contribution in [3.05, 3.63) is 60.4 Å². The number of carbonyl (C=O) groups excluding carboxylic acids is 1. The number of benzene rings is 1. The molecule has 3 aliphatic heterocycles. The number of rotatable bonds is 6. The van der Waals surface area contributed by atoms with Crippen LogP contribution in [0.5, 0.6) is 0 Å². The van der Waals surface area contributed by atoms with E-state index in [1.54, 1.807) is 47.5 Å². The molecule has 198 valence electrons. The molecule has 1 amide bonds. The van der Waals surface area contributed by atoms with Gasteiger partial charge in [0, 0.05) is 43.0 Å². The maximum Gasteiger partial charge on any atom is 0.414 e. The molecule has 0 spiro atoms. The van der Waals surface area contributed by atoms with E-state index in [1.165, 1.54) is 11.0 Å². The lowest BCUT2D eigenvalue weighted by atomic mass is 9.84. The zero-order valence-corrected chi connectivity index (χ0v) is 20.9. The number of pyridine rings is 1. The second-order valence-corrected chi connectivity index (χ2v) is 10.1. The third kappa shape index (κ3) is 4.72. The summed E-state index contributed by atoms with van der Waals surface area (Å²) in [4.78, 5) is 26.1. The van der Waals surface area contributed by atoms with Crippen molar-refractivity contribution in [1.82, 2.24) is 24.9 Å². The Morgan fingerprint density at radius 1 is 1.21 bits per heavy atom. The number of anilines is 1. The molecule has 0 radical (unpaired) electrons. The monoisotopic (exact) mass is 521 g/mol. The van der Waals surface area contributed by atoms with Crippen molar-refractivity contribution in [2.45, 2.75) is 43.6 Å². The molecule has 2 saturated heterocycles. The molecule has 12 heteroatoms. The lowest BCUT2D eigenvalue weighted by Gasteiger charge is -2.38. The summed E-state index contributed by atoms with van der Waals surface area (Å²) in [5, 5.41) is 22.9. The Balaban J connectivity index is 1.11. The number of carbonyl (C=O) groups is 1. The minimum Gasteiger partial charge on any atom is -0.442 e. The molecular weight excluding hydrogens is 493 g/mol. The van der Waals surface area contributed by atoms with E-state index in [2.05, 4.69) is 25.4 Å². The fraction of sp³-hybridized carbons (Fsp3) is 0.423. The van der Waals surface area contributed by atoms with E-state index in [1.807, 2.05) is 7.05 Å². The van der Waals surface area contributed by atoms with Gasteiger partial charge in [0.1, 0.15) is 23.2 Å². The number of halogens is 1. The summed E-state index contributed by atoms with van der Waals surface area (Å²) in [5.41, 5.74) is 1.76. The van der Waals surface area contributed by atoms with E-state index in [-0.39, 0.29) is 6.54 Å². The first kappa shape index (κ1) is 24.4. The Kier molecular flexibility index (Phi) is 6.28. The molecule has 0 bridgehead atoms. The average Bonchev–Trinajstić information content (AvgIpc) is 3.68. The molecule has 5 heterocycles. The summed E-state index contributed by atoms with van der Waals surface area (Å²) in [5.74, 6) is -0.476. The van der Waals surface area contributed by atoms with Gasteiger partial charge in [-0.3, -0.25) is 9.88 Å². The van der Waals surface area contributed by atoms with Gasteiger partial charge < -0.3 is 19.6 Å². The van der Waals surface area contributed by atoms with Gasteiger partial charge >= 0.3 is 6.09 Å². The van der Waals surface area contributed by atoms with E-state index >= 15 is 4.39 Å². The van der Waals surface area contributed by atoms with E-state index in [9.17, 15) is 9.90 Å². The summed E-state index contributed by atoms with van der Waals surface area (Å²) >= 11 is 0. The van der Waals surface area contributed by atoms with Gasteiger partial charge in [0.15, 0.2) is 6.10 Å². The van der Waals surface area contributed by atoms with Crippen LogP contribution in [0.25, 0.3) is 11.1 Å². The van der Waals surface area contributed by atoms with Gasteiger partial charge in [-0.1, -0.05) is 16.4 Å². The van der Waals surface area contributed by atoms with Crippen LogP contribution in [0.15, 0.2) is 54.1 Å². The van der Waals surface area contributed by atoms with Crippen molar-refractivity contribution in [1.29, 1.82) is 0 Å². The fourth-order valence-electron chi connectivity index (χ4n) is 5.14. The minimum absolute atomic E-state index is 0.282. The Labute approximate surface area is 218 Å². The number of aliphatic hydroxyl groups is 1. The number of nitrogens with zero attached hydrogens (tertiary/aromatic N) is 7. The third-order valence-electron chi connectivity index (χ3n) is 7.49. The molecule has 2 atom stereocenters. The lowest BCUT2D eigenvalue weighted by molar-refractivity contribution is -0.121. The van der Waals surface area contributed by atoms with Gasteiger partial charge in [0.25, 0.3) is 0 Å². The Hall–Kier alpha value is -3.90. The van der Waals surface area contributed by atoms with Crippen LogP contribution >= 0.6 is 0 Å². The molecule has 2 fully saturated rings. The van der Waals surface area contributed by atoms with Gasteiger partial charge in [-0.25, -0.2) is 13.9 Å². The Morgan fingerprint density at radius 2 is 2.05 bits per heavy atom. The minimum atomic E-state index is -0.902. The molecule has 1 N–H and O–H groups in total. The molecule has 1 aromatic carbocycles. The van der Waals surface area contributed by atoms with Crippen molar-refractivity contribution < 1.29 is 23.9 Å². The molecule has 3 aliphatic rings. The van der Waals surface area contributed by atoms with Crippen LogP contribution < -0.4 is 4.90 Å². The molecule has 38 heavy (non-hydrogen) atoms. The highest BCUT2D eigenvalue weighted by molar-refractivity contribution is 6.00. The predicted octanol–water partition coefficient (Wildman–Crippen LogP) is 2.45. The topological polar surface area (TPSA) is 118 Å². The Morgan fingerprint density at radius 3 is 2.76 bits per heavy atom. The van der Waals surface area contributed by atoms with Crippen molar-refractivity contribution >= 4 is 17.5 Å². The predicted molar refractivity (Wildman–Crippen MR) is 135 cm³/mol.